The van der Waals surface area contributed by atoms with Gasteiger partial charge in [-0.1, -0.05) is 18.2 Å². The fraction of sp³-hybridized carbons (Fsp3) is 0.250. The predicted octanol–water partition coefficient (Wildman–Crippen LogP) is 4.17. The van der Waals surface area contributed by atoms with Crippen LogP contribution in [0.25, 0.3) is 10.9 Å². The number of ether oxygens (including phenoxy) is 1. The second-order valence-corrected chi connectivity index (χ2v) is 8.87. The average Bonchev–Trinajstić information content (AvgIpc) is 2.87. The number of nitrogens with zero attached hydrogens (tertiary/aromatic N) is 1. The van der Waals surface area contributed by atoms with Crippen LogP contribution in [0.3, 0.4) is 0 Å². The first-order valence-electron chi connectivity index (χ1n) is 8.67. The zero-order valence-electron chi connectivity index (χ0n) is 15.4. The molecule has 0 atom stereocenters. The Balaban J connectivity index is 2.16. The minimum atomic E-state index is -3.93. The molecule has 0 N–H and O–H groups in total. The van der Waals surface area contributed by atoms with Crippen LogP contribution in [0.4, 0.5) is 4.39 Å². The first-order valence-corrected chi connectivity index (χ1v) is 11.0. The lowest BCUT2D eigenvalue weighted by Crippen LogP contribution is -2.14. The van der Waals surface area contributed by atoms with Crippen LogP contribution in [-0.4, -0.2) is 25.6 Å². The molecule has 8 heteroatoms. The van der Waals surface area contributed by atoms with Gasteiger partial charge in [-0.15, -0.1) is 0 Å². The standard InChI is InChI=1S/C20H19ClFNO4S/c1-3-27-20(24)12-23-13(2)16(17-11-15(22)8-9-18(17)23)10-14-6-4-5-7-19(14)28(21,25)26/h4-9,11H,3,10,12H2,1-2H3. The number of hydrogen-bond donors (Lipinski definition) is 0. The van der Waals surface area contributed by atoms with Crippen LogP contribution < -0.4 is 0 Å². The van der Waals surface area contributed by atoms with Crippen molar-refractivity contribution in [1.82, 2.24) is 4.57 Å². The molecule has 0 saturated carbocycles. The summed E-state index contributed by atoms with van der Waals surface area (Å²) in [6, 6.07) is 10.7. The highest BCUT2D eigenvalue weighted by molar-refractivity contribution is 8.13. The molecule has 1 heterocycles. The zero-order chi connectivity index (χ0) is 20.5. The molecule has 148 valence electrons. The Morgan fingerprint density at radius 3 is 2.61 bits per heavy atom. The number of aromatic nitrogens is 1. The summed E-state index contributed by atoms with van der Waals surface area (Å²) >= 11 is 0. The molecule has 28 heavy (non-hydrogen) atoms. The third kappa shape index (κ3) is 4.05. The van der Waals surface area contributed by atoms with Crippen molar-refractivity contribution in [2.45, 2.75) is 31.7 Å². The van der Waals surface area contributed by atoms with Crippen molar-refractivity contribution in [1.29, 1.82) is 0 Å². The van der Waals surface area contributed by atoms with Crippen LogP contribution in [0.1, 0.15) is 23.7 Å². The lowest BCUT2D eigenvalue weighted by Gasteiger charge is -2.09. The van der Waals surface area contributed by atoms with Gasteiger partial charge in [0.15, 0.2) is 0 Å². The van der Waals surface area contributed by atoms with E-state index in [1.807, 2.05) is 6.92 Å². The maximum Gasteiger partial charge on any atom is 0.325 e. The number of rotatable bonds is 6. The van der Waals surface area contributed by atoms with Gasteiger partial charge in [-0.25, -0.2) is 12.8 Å². The number of halogens is 2. The molecule has 0 bridgehead atoms. The van der Waals surface area contributed by atoms with E-state index in [2.05, 4.69) is 0 Å². The summed E-state index contributed by atoms with van der Waals surface area (Å²) in [6.45, 7) is 3.78. The molecule has 0 radical (unpaired) electrons. The molecule has 0 aliphatic carbocycles. The van der Waals surface area contributed by atoms with Crippen LogP contribution in [0.2, 0.25) is 0 Å². The topological polar surface area (TPSA) is 65.4 Å². The lowest BCUT2D eigenvalue weighted by molar-refractivity contribution is -0.143. The average molecular weight is 424 g/mol. The van der Waals surface area contributed by atoms with Gasteiger partial charge in [0.05, 0.1) is 11.5 Å². The molecule has 0 aliphatic rings. The summed E-state index contributed by atoms with van der Waals surface area (Å²) in [5.41, 5.74) is 2.63. The van der Waals surface area contributed by atoms with Gasteiger partial charge >= 0.3 is 5.97 Å². The molecule has 1 aromatic heterocycles. The molecule has 5 nitrogen and oxygen atoms in total. The molecule has 0 unspecified atom stereocenters. The number of carbonyl (C=O) groups is 1. The first-order chi connectivity index (χ1) is 13.2. The third-order valence-electron chi connectivity index (χ3n) is 4.61. The van der Waals surface area contributed by atoms with Gasteiger partial charge in [-0.05, 0) is 49.2 Å². The van der Waals surface area contributed by atoms with E-state index in [9.17, 15) is 17.6 Å². The van der Waals surface area contributed by atoms with Crippen molar-refractivity contribution in [2.75, 3.05) is 6.61 Å². The summed E-state index contributed by atoms with van der Waals surface area (Å²) in [7, 11) is 1.64. The van der Waals surface area contributed by atoms with Crippen molar-refractivity contribution in [3.63, 3.8) is 0 Å². The van der Waals surface area contributed by atoms with Gasteiger partial charge < -0.3 is 9.30 Å². The molecule has 3 rings (SSSR count). The fourth-order valence-electron chi connectivity index (χ4n) is 3.36. The minimum Gasteiger partial charge on any atom is -0.465 e. The molecular formula is C20H19ClFNO4S. The number of esters is 1. The number of carbonyl (C=O) groups excluding carboxylic acids is 1. The second kappa shape index (κ2) is 7.93. The van der Waals surface area contributed by atoms with E-state index < -0.39 is 20.8 Å². The molecule has 0 amide bonds. The zero-order valence-corrected chi connectivity index (χ0v) is 17.0. The summed E-state index contributed by atoms with van der Waals surface area (Å²) in [4.78, 5) is 12.0. The highest BCUT2D eigenvalue weighted by Crippen LogP contribution is 2.31. The third-order valence-corrected chi connectivity index (χ3v) is 6.03. The highest BCUT2D eigenvalue weighted by Gasteiger charge is 2.21. The molecule has 2 aromatic carbocycles. The lowest BCUT2D eigenvalue weighted by atomic mass is 10.0. The number of benzene rings is 2. The second-order valence-electron chi connectivity index (χ2n) is 6.34. The smallest absolute Gasteiger partial charge is 0.325 e. The van der Waals surface area contributed by atoms with Crippen molar-refractivity contribution in [2.24, 2.45) is 0 Å². The van der Waals surface area contributed by atoms with Crippen LogP contribution in [0.15, 0.2) is 47.4 Å². The monoisotopic (exact) mass is 423 g/mol. The quantitative estimate of drug-likeness (QED) is 0.441. The molecule has 0 aliphatic heterocycles. The SMILES string of the molecule is CCOC(=O)Cn1c(C)c(Cc2ccccc2S(=O)(=O)Cl)c2cc(F)ccc21. The van der Waals surface area contributed by atoms with E-state index in [0.717, 1.165) is 11.3 Å². The van der Waals surface area contributed by atoms with Crippen LogP contribution in [0, 0.1) is 12.7 Å². The van der Waals surface area contributed by atoms with E-state index in [0.29, 0.717) is 16.5 Å². The summed E-state index contributed by atoms with van der Waals surface area (Å²) < 4.78 is 44.5. The number of fused-ring (bicyclic) bond motifs is 1. The summed E-state index contributed by atoms with van der Waals surface area (Å²) in [5.74, 6) is -0.817. The summed E-state index contributed by atoms with van der Waals surface area (Å²) in [6.07, 6.45) is 0.226. The van der Waals surface area contributed by atoms with Crippen molar-refractivity contribution >= 4 is 36.6 Å². The van der Waals surface area contributed by atoms with Gasteiger partial charge in [0.25, 0.3) is 9.05 Å². The Kier molecular flexibility index (Phi) is 5.76. The fourth-order valence-corrected chi connectivity index (χ4v) is 4.51. The Morgan fingerprint density at radius 1 is 1.21 bits per heavy atom. The van der Waals surface area contributed by atoms with Gasteiger partial charge in [0.1, 0.15) is 12.4 Å². The Labute approximate surface area is 167 Å². The van der Waals surface area contributed by atoms with Crippen molar-refractivity contribution in [3.05, 3.63) is 65.1 Å². The summed E-state index contributed by atoms with van der Waals surface area (Å²) in [5, 5.41) is 0.614. The van der Waals surface area contributed by atoms with Crippen molar-refractivity contribution in [3.8, 4) is 0 Å². The molecule has 0 spiro atoms. The van der Waals surface area contributed by atoms with E-state index in [-0.39, 0.29) is 24.5 Å². The molecular weight excluding hydrogens is 405 g/mol. The Hall–Kier alpha value is -2.38. The predicted molar refractivity (Wildman–Crippen MR) is 106 cm³/mol. The van der Waals surface area contributed by atoms with Crippen molar-refractivity contribution < 1.29 is 22.3 Å². The molecule has 0 saturated heterocycles. The van der Waals surface area contributed by atoms with Crippen LogP contribution in [-0.2, 0) is 31.5 Å². The van der Waals surface area contributed by atoms with Gasteiger partial charge in [0.2, 0.25) is 0 Å². The molecule has 3 aromatic rings. The van der Waals surface area contributed by atoms with Gasteiger partial charge in [-0.2, -0.15) is 0 Å². The molecule has 0 fully saturated rings. The maximum atomic E-state index is 13.9. The van der Waals surface area contributed by atoms with E-state index in [4.69, 9.17) is 15.4 Å². The van der Waals surface area contributed by atoms with E-state index in [1.165, 1.54) is 18.2 Å². The Bertz CT molecular complexity index is 1150. The van der Waals surface area contributed by atoms with Gasteiger partial charge in [-0.3, -0.25) is 4.79 Å². The number of hydrogen-bond acceptors (Lipinski definition) is 4. The maximum absolute atomic E-state index is 13.9. The van der Waals surface area contributed by atoms with E-state index in [1.54, 1.807) is 35.8 Å². The van der Waals surface area contributed by atoms with E-state index >= 15 is 0 Å². The van der Waals surface area contributed by atoms with Crippen LogP contribution >= 0.6 is 10.7 Å². The Morgan fingerprint density at radius 2 is 1.93 bits per heavy atom. The van der Waals surface area contributed by atoms with Gasteiger partial charge in [0, 0.05) is 33.7 Å². The highest BCUT2D eigenvalue weighted by atomic mass is 35.7. The largest absolute Gasteiger partial charge is 0.465 e. The first kappa shape index (κ1) is 20.4. The normalized spacial score (nSPS) is 11.7. The van der Waals surface area contributed by atoms with Crippen LogP contribution in [0.5, 0.6) is 0 Å². The minimum absolute atomic E-state index is 0.0127.